The van der Waals surface area contributed by atoms with E-state index in [0.717, 1.165) is 12.5 Å². The molecule has 0 fully saturated rings. The van der Waals surface area contributed by atoms with Crippen molar-refractivity contribution in [2.75, 3.05) is 20.1 Å². The summed E-state index contributed by atoms with van der Waals surface area (Å²) in [6.07, 6.45) is 1.25. The van der Waals surface area contributed by atoms with Crippen LogP contribution < -0.4 is 5.32 Å². The van der Waals surface area contributed by atoms with E-state index < -0.39 is 0 Å². The van der Waals surface area contributed by atoms with Crippen LogP contribution in [0.25, 0.3) is 0 Å². The van der Waals surface area contributed by atoms with Gasteiger partial charge in [0, 0.05) is 18.6 Å². The molecule has 0 bridgehead atoms. The van der Waals surface area contributed by atoms with Gasteiger partial charge in [-0.1, -0.05) is 52.0 Å². The Kier molecular flexibility index (Phi) is 5.22. The third kappa shape index (κ3) is 3.07. The maximum Gasteiger partial charge on any atom is 0.0478 e. The van der Waals surface area contributed by atoms with Crippen LogP contribution in [0.3, 0.4) is 0 Å². The van der Waals surface area contributed by atoms with Crippen molar-refractivity contribution in [3.63, 3.8) is 0 Å². The lowest BCUT2D eigenvalue weighted by Crippen LogP contribution is -2.48. The summed E-state index contributed by atoms with van der Waals surface area (Å²) >= 11 is 0. The van der Waals surface area contributed by atoms with Gasteiger partial charge in [0.1, 0.15) is 0 Å². The molecule has 0 saturated carbocycles. The summed E-state index contributed by atoms with van der Waals surface area (Å²) in [5.74, 6) is 1.38. The van der Waals surface area contributed by atoms with Gasteiger partial charge in [0.2, 0.25) is 0 Å². The number of benzene rings is 1. The zero-order valence-corrected chi connectivity index (χ0v) is 13.7. The summed E-state index contributed by atoms with van der Waals surface area (Å²) in [6.45, 7) is 11.6. The molecule has 1 aromatic rings. The molecular weight excluding hydrogens is 244 g/mol. The first kappa shape index (κ1) is 15.5. The Morgan fingerprint density at radius 2 is 1.90 bits per heavy atom. The van der Waals surface area contributed by atoms with Crippen LogP contribution in [0.4, 0.5) is 0 Å². The second-order valence-corrected chi connectivity index (χ2v) is 6.58. The topological polar surface area (TPSA) is 15.3 Å². The minimum absolute atomic E-state index is 0.459. The molecule has 2 nitrogen and oxygen atoms in total. The maximum absolute atomic E-state index is 3.58. The number of fused-ring (bicyclic) bond motifs is 1. The molecule has 20 heavy (non-hydrogen) atoms. The van der Waals surface area contributed by atoms with Gasteiger partial charge in [-0.3, -0.25) is 4.90 Å². The number of likely N-dealkylation sites (N-methyl/N-ethyl adjacent to an activating group) is 2. The monoisotopic (exact) mass is 274 g/mol. The van der Waals surface area contributed by atoms with Crippen molar-refractivity contribution in [2.45, 2.75) is 52.1 Å². The summed E-state index contributed by atoms with van der Waals surface area (Å²) in [5.41, 5.74) is 3.03. The third-order valence-corrected chi connectivity index (χ3v) is 4.63. The average Bonchev–Trinajstić information content (AvgIpc) is 2.44. The Bertz CT molecular complexity index is 427. The SMILES string of the molecule is CCN(CC(C)C)C1CC(C)c2ccccc2C1NC. The van der Waals surface area contributed by atoms with Gasteiger partial charge < -0.3 is 5.32 Å². The first-order valence-corrected chi connectivity index (χ1v) is 8.08. The van der Waals surface area contributed by atoms with Crippen LogP contribution in [0.2, 0.25) is 0 Å². The van der Waals surface area contributed by atoms with Crippen molar-refractivity contribution in [1.29, 1.82) is 0 Å². The van der Waals surface area contributed by atoms with Crippen molar-refractivity contribution < 1.29 is 0 Å². The highest BCUT2D eigenvalue weighted by molar-refractivity contribution is 5.36. The maximum atomic E-state index is 3.58. The molecule has 2 rings (SSSR count). The molecule has 0 amide bonds. The van der Waals surface area contributed by atoms with Gasteiger partial charge in [0.25, 0.3) is 0 Å². The molecule has 3 atom stereocenters. The number of hydrogen-bond acceptors (Lipinski definition) is 2. The fraction of sp³-hybridized carbons (Fsp3) is 0.667. The lowest BCUT2D eigenvalue weighted by Gasteiger charge is -2.43. The molecule has 0 heterocycles. The molecule has 1 aliphatic carbocycles. The van der Waals surface area contributed by atoms with Gasteiger partial charge in [-0.25, -0.2) is 0 Å². The van der Waals surface area contributed by atoms with Crippen LogP contribution in [-0.2, 0) is 0 Å². The van der Waals surface area contributed by atoms with Crippen LogP contribution in [0.5, 0.6) is 0 Å². The van der Waals surface area contributed by atoms with Crippen LogP contribution >= 0.6 is 0 Å². The smallest absolute Gasteiger partial charge is 0.0478 e. The van der Waals surface area contributed by atoms with Gasteiger partial charge >= 0.3 is 0 Å². The zero-order chi connectivity index (χ0) is 14.7. The molecular formula is C18H30N2. The summed E-state index contributed by atoms with van der Waals surface area (Å²) < 4.78 is 0. The van der Waals surface area contributed by atoms with Gasteiger partial charge in [0.15, 0.2) is 0 Å². The molecule has 1 N–H and O–H groups in total. The minimum Gasteiger partial charge on any atom is -0.312 e. The van der Waals surface area contributed by atoms with Gasteiger partial charge in [-0.05, 0) is 43.0 Å². The molecule has 0 aromatic heterocycles. The van der Waals surface area contributed by atoms with E-state index in [0.29, 0.717) is 18.0 Å². The first-order valence-electron chi connectivity index (χ1n) is 8.08. The second-order valence-electron chi connectivity index (χ2n) is 6.58. The fourth-order valence-corrected chi connectivity index (χ4v) is 3.75. The van der Waals surface area contributed by atoms with Crippen molar-refractivity contribution in [3.05, 3.63) is 35.4 Å². The predicted molar refractivity (Wildman–Crippen MR) is 87.1 cm³/mol. The van der Waals surface area contributed by atoms with Gasteiger partial charge in [0.05, 0.1) is 0 Å². The van der Waals surface area contributed by atoms with Gasteiger partial charge in [-0.15, -0.1) is 0 Å². The van der Waals surface area contributed by atoms with E-state index in [-0.39, 0.29) is 0 Å². The van der Waals surface area contributed by atoms with E-state index in [1.54, 1.807) is 0 Å². The van der Waals surface area contributed by atoms with E-state index in [1.807, 2.05) is 0 Å². The standard InChI is InChI=1S/C18H30N2/c1-6-20(12-13(2)3)17-11-14(4)15-9-7-8-10-16(15)18(17)19-5/h7-10,13-14,17-19H,6,11-12H2,1-5H3. The number of hydrogen-bond donors (Lipinski definition) is 1. The highest BCUT2D eigenvalue weighted by Gasteiger charge is 2.35. The molecule has 0 spiro atoms. The minimum atomic E-state index is 0.459. The molecule has 112 valence electrons. The zero-order valence-electron chi connectivity index (χ0n) is 13.7. The fourth-order valence-electron chi connectivity index (χ4n) is 3.75. The quantitative estimate of drug-likeness (QED) is 0.878. The summed E-state index contributed by atoms with van der Waals surface area (Å²) in [4.78, 5) is 2.66. The Morgan fingerprint density at radius 3 is 2.45 bits per heavy atom. The third-order valence-electron chi connectivity index (χ3n) is 4.63. The predicted octanol–water partition coefficient (Wildman–Crippen LogP) is 3.80. The van der Waals surface area contributed by atoms with Gasteiger partial charge in [-0.2, -0.15) is 0 Å². The highest BCUT2D eigenvalue weighted by Crippen LogP contribution is 2.39. The van der Waals surface area contributed by atoms with Crippen LogP contribution in [0.1, 0.15) is 57.2 Å². The van der Waals surface area contributed by atoms with Crippen LogP contribution in [0.15, 0.2) is 24.3 Å². The Balaban J connectivity index is 2.31. The molecule has 0 saturated heterocycles. The van der Waals surface area contributed by atoms with E-state index in [1.165, 1.54) is 24.1 Å². The van der Waals surface area contributed by atoms with E-state index in [2.05, 4.69) is 69.2 Å². The van der Waals surface area contributed by atoms with Crippen molar-refractivity contribution in [2.24, 2.45) is 5.92 Å². The Hall–Kier alpha value is -0.860. The molecule has 2 heteroatoms. The van der Waals surface area contributed by atoms with Crippen molar-refractivity contribution >= 4 is 0 Å². The first-order chi connectivity index (χ1) is 9.58. The van der Waals surface area contributed by atoms with E-state index in [9.17, 15) is 0 Å². The highest BCUT2D eigenvalue weighted by atomic mass is 15.2. The summed E-state index contributed by atoms with van der Waals surface area (Å²) in [5, 5.41) is 3.58. The van der Waals surface area contributed by atoms with E-state index in [4.69, 9.17) is 0 Å². The number of nitrogens with zero attached hydrogens (tertiary/aromatic N) is 1. The van der Waals surface area contributed by atoms with Crippen molar-refractivity contribution in [3.8, 4) is 0 Å². The average molecular weight is 274 g/mol. The Morgan fingerprint density at radius 1 is 1.25 bits per heavy atom. The normalized spacial score (nSPS) is 26.1. The lowest BCUT2D eigenvalue weighted by atomic mass is 9.77. The molecule has 1 aliphatic rings. The van der Waals surface area contributed by atoms with E-state index >= 15 is 0 Å². The molecule has 0 radical (unpaired) electrons. The molecule has 0 aliphatic heterocycles. The molecule has 1 aromatic carbocycles. The van der Waals surface area contributed by atoms with Crippen LogP contribution in [-0.4, -0.2) is 31.1 Å². The number of nitrogens with one attached hydrogen (secondary N) is 1. The summed E-state index contributed by atoms with van der Waals surface area (Å²) in [6, 6.07) is 10.0. The lowest BCUT2D eigenvalue weighted by molar-refractivity contribution is 0.128. The van der Waals surface area contributed by atoms with Crippen LogP contribution in [0, 0.1) is 5.92 Å². The molecule has 3 unspecified atom stereocenters. The Labute approximate surface area is 124 Å². The summed E-state index contributed by atoms with van der Waals surface area (Å²) in [7, 11) is 2.10. The second kappa shape index (κ2) is 6.73. The largest absolute Gasteiger partial charge is 0.312 e. The van der Waals surface area contributed by atoms with Crippen molar-refractivity contribution in [1.82, 2.24) is 10.2 Å². The number of rotatable bonds is 5.